The van der Waals surface area contributed by atoms with Gasteiger partial charge in [0.25, 0.3) is 0 Å². The second kappa shape index (κ2) is 4.25. The summed E-state index contributed by atoms with van der Waals surface area (Å²) in [6.07, 6.45) is 0. The number of aromatic nitrogens is 2. The van der Waals surface area contributed by atoms with Crippen LogP contribution in [-0.2, 0) is 5.33 Å². The number of alkyl halides is 3. The van der Waals surface area contributed by atoms with Crippen molar-refractivity contribution in [3.63, 3.8) is 0 Å². The van der Waals surface area contributed by atoms with Gasteiger partial charge in [-0.05, 0) is 11.6 Å². The average Bonchev–Trinajstić information content (AvgIpc) is 2.56. The Morgan fingerprint density at radius 2 is 2.25 bits per heavy atom. The SMILES string of the molecule is Nc1nc2c(CBr)cc(OC(F)F)cc2[nH]1. The normalized spacial score (nSPS) is 11.2. The summed E-state index contributed by atoms with van der Waals surface area (Å²) in [4.78, 5) is 6.82. The molecule has 0 saturated heterocycles. The third-order valence-electron chi connectivity index (χ3n) is 2.03. The number of hydrogen-bond donors (Lipinski definition) is 2. The zero-order valence-corrected chi connectivity index (χ0v) is 9.59. The van der Waals surface area contributed by atoms with Crippen molar-refractivity contribution in [1.82, 2.24) is 9.97 Å². The number of benzene rings is 1. The van der Waals surface area contributed by atoms with E-state index in [0.717, 1.165) is 5.56 Å². The first-order valence-electron chi connectivity index (χ1n) is 4.39. The van der Waals surface area contributed by atoms with Crippen LogP contribution in [0.2, 0.25) is 0 Å². The first-order chi connectivity index (χ1) is 7.60. The first kappa shape index (κ1) is 11.1. The van der Waals surface area contributed by atoms with Gasteiger partial charge < -0.3 is 15.5 Å². The number of ether oxygens (including phenoxy) is 1. The minimum absolute atomic E-state index is 0.0839. The second-order valence-corrected chi connectivity index (χ2v) is 3.67. The molecular weight excluding hydrogens is 284 g/mol. The van der Waals surface area contributed by atoms with Crippen LogP contribution in [0.3, 0.4) is 0 Å². The van der Waals surface area contributed by atoms with E-state index in [0.29, 0.717) is 16.4 Å². The van der Waals surface area contributed by atoms with Crippen LogP contribution < -0.4 is 10.5 Å². The molecule has 0 unspecified atom stereocenters. The highest BCUT2D eigenvalue weighted by atomic mass is 79.9. The van der Waals surface area contributed by atoms with Crippen LogP contribution in [0.5, 0.6) is 5.75 Å². The van der Waals surface area contributed by atoms with Gasteiger partial charge in [0.1, 0.15) is 5.75 Å². The van der Waals surface area contributed by atoms with E-state index in [2.05, 4.69) is 30.6 Å². The molecule has 4 nitrogen and oxygen atoms in total. The van der Waals surface area contributed by atoms with E-state index in [1.54, 1.807) is 0 Å². The maximum Gasteiger partial charge on any atom is 0.387 e. The van der Waals surface area contributed by atoms with Gasteiger partial charge >= 0.3 is 6.61 Å². The molecule has 3 N–H and O–H groups in total. The lowest BCUT2D eigenvalue weighted by Gasteiger charge is -2.06. The van der Waals surface area contributed by atoms with Crippen molar-refractivity contribution in [2.45, 2.75) is 11.9 Å². The largest absolute Gasteiger partial charge is 0.435 e. The Morgan fingerprint density at radius 3 is 2.88 bits per heavy atom. The van der Waals surface area contributed by atoms with Gasteiger partial charge in [-0.3, -0.25) is 0 Å². The maximum absolute atomic E-state index is 12.1. The summed E-state index contributed by atoms with van der Waals surface area (Å²) >= 11 is 3.25. The molecule has 1 aromatic carbocycles. The van der Waals surface area contributed by atoms with Crippen LogP contribution in [0.15, 0.2) is 12.1 Å². The molecule has 0 spiro atoms. The minimum atomic E-state index is -2.85. The Balaban J connectivity index is 2.53. The number of anilines is 1. The highest BCUT2D eigenvalue weighted by Gasteiger charge is 2.11. The number of halogens is 3. The quantitative estimate of drug-likeness (QED) is 0.855. The molecule has 16 heavy (non-hydrogen) atoms. The molecule has 0 bridgehead atoms. The Bertz CT molecular complexity index is 515. The van der Waals surface area contributed by atoms with Crippen molar-refractivity contribution in [1.29, 1.82) is 0 Å². The van der Waals surface area contributed by atoms with E-state index in [1.165, 1.54) is 12.1 Å². The summed E-state index contributed by atoms with van der Waals surface area (Å²) in [5, 5.41) is 0.480. The van der Waals surface area contributed by atoms with Gasteiger partial charge in [-0.1, -0.05) is 15.9 Å². The van der Waals surface area contributed by atoms with Gasteiger partial charge in [-0.25, -0.2) is 4.98 Å². The predicted octanol–water partition coefficient (Wildman–Crippen LogP) is 2.64. The van der Waals surface area contributed by atoms with E-state index >= 15 is 0 Å². The lowest BCUT2D eigenvalue weighted by molar-refractivity contribution is -0.0497. The highest BCUT2D eigenvalue weighted by Crippen LogP contribution is 2.27. The van der Waals surface area contributed by atoms with E-state index in [-0.39, 0.29) is 11.7 Å². The Morgan fingerprint density at radius 1 is 1.50 bits per heavy atom. The number of hydrogen-bond acceptors (Lipinski definition) is 3. The zero-order valence-electron chi connectivity index (χ0n) is 8.01. The number of nitrogens with zero attached hydrogens (tertiary/aromatic N) is 1. The van der Waals surface area contributed by atoms with Crippen LogP contribution in [-0.4, -0.2) is 16.6 Å². The standard InChI is InChI=1S/C9H8BrF2N3O/c10-3-4-1-5(16-8(11)12)2-6-7(4)15-9(13)14-6/h1-2,8H,3H2,(H3,13,14,15). The van der Waals surface area contributed by atoms with Crippen molar-refractivity contribution in [2.75, 3.05) is 5.73 Å². The maximum atomic E-state index is 12.1. The molecule has 86 valence electrons. The monoisotopic (exact) mass is 291 g/mol. The summed E-state index contributed by atoms with van der Waals surface area (Å²) in [6.45, 7) is -2.85. The van der Waals surface area contributed by atoms with Crippen molar-refractivity contribution in [3.05, 3.63) is 17.7 Å². The summed E-state index contributed by atoms with van der Waals surface area (Å²) in [5.74, 6) is 0.326. The molecule has 0 aliphatic carbocycles. The topological polar surface area (TPSA) is 63.9 Å². The third kappa shape index (κ3) is 2.08. The smallest absolute Gasteiger partial charge is 0.387 e. The summed E-state index contributed by atoms with van der Waals surface area (Å²) in [5.41, 5.74) is 7.45. The van der Waals surface area contributed by atoms with Crippen LogP contribution in [0.1, 0.15) is 5.56 Å². The van der Waals surface area contributed by atoms with Crippen LogP contribution >= 0.6 is 15.9 Å². The molecular formula is C9H8BrF2N3O. The number of nitrogens with two attached hydrogens (primary N) is 1. The highest BCUT2D eigenvalue weighted by molar-refractivity contribution is 9.08. The first-order valence-corrected chi connectivity index (χ1v) is 5.51. The molecule has 1 aromatic heterocycles. The molecule has 0 atom stereocenters. The number of nitrogens with one attached hydrogen (secondary N) is 1. The second-order valence-electron chi connectivity index (χ2n) is 3.11. The molecule has 0 amide bonds. The van der Waals surface area contributed by atoms with Crippen LogP contribution in [0.4, 0.5) is 14.7 Å². The van der Waals surface area contributed by atoms with Crippen LogP contribution in [0.25, 0.3) is 11.0 Å². The summed E-state index contributed by atoms with van der Waals surface area (Å²) < 4.78 is 28.5. The lowest BCUT2D eigenvalue weighted by atomic mass is 10.2. The fourth-order valence-corrected chi connectivity index (χ4v) is 1.88. The van der Waals surface area contributed by atoms with Crippen molar-refractivity contribution < 1.29 is 13.5 Å². The summed E-state index contributed by atoms with van der Waals surface area (Å²) in [7, 11) is 0. The van der Waals surface area contributed by atoms with Gasteiger partial charge in [0.2, 0.25) is 0 Å². The Labute approximate surface area is 97.9 Å². The third-order valence-corrected chi connectivity index (χ3v) is 2.63. The van der Waals surface area contributed by atoms with Crippen LogP contribution in [0, 0.1) is 0 Å². The molecule has 0 aliphatic rings. The fourth-order valence-electron chi connectivity index (χ4n) is 1.45. The summed E-state index contributed by atoms with van der Waals surface area (Å²) in [6, 6.07) is 2.94. The number of imidazole rings is 1. The van der Waals surface area contributed by atoms with Crippen molar-refractivity contribution >= 4 is 32.9 Å². The minimum Gasteiger partial charge on any atom is -0.435 e. The van der Waals surface area contributed by atoms with E-state index in [4.69, 9.17) is 5.73 Å². The molecule has 2 rings (SSSR count). The Hall–Kier alpha value is -1.37. The van der Waals surface area contributed by atoms with Gasteiger partial charge in [-0.15, -0.1) is 0 Å². The van der Waals surface area contributed by atoms with Gasteiger partial charge in [-0.2, -0.15) is 8.78 Å². The number of rotatable bonds is 3. The number of nitrogen functional groups attached to an aromatic ring is 1. The van der Waals surface area contributed by atoms with E-state index < -0.39 is 6.61 Å². The Kier molecular flexibility index (Phi) is 2.95. The van der Waals surface area contributed by atoms with Gasteiger partial charge in [0, 0.05) is 11.4 Å². The molecule has 0 aliphatic heterocycles. The molecule has 0 saturated carbocycles. The molecule has 7 heteroatoms. The molecule has 2 aromatic rings. The predicted molar refractivity (Wildman–Crippen MR) is 59.8 cm³/mol. The molecule has 0 fully saturated rings. The molecule has 1 heterocycles. The average molecular weight is 292 g/mol. The number of fused-ring (bicyclic) bond motifs is 1. The van der Waals surface area contributed by atoms with Crippen molar-refractivity contribution in [3.8, 4) is 5.75 Å². The van der Waals surface area contributed by atoms with E-state index in [9.17, 15) is 8.78 Å². The van der Waals surface area contributed by atoms with Gasteiger partial charge in [0.15, 0.2) is 5.95 Å². The van der Waals surface area contributed by atoms with Crippen molar-refractivity contribution in [2.24, 2.45) is 0 Å². The molecule has 0 radical (unpaired) electrons. The lowest BCUT2D eigenvalue weighted by Crippen LogP contribution is -2.02. The number of aromatic amines is 1. The zero-order chi connectivity index (χ0) is 11.7. The van der Waals surface area contributed by atoms with E-state index in [1.807, 2.05) is 0 Å². The fraction of sp³-hybridized carbons (Fsp3) is 0.222. The number of H-pyrrole nitrogens is 1. The van der Waals surface area contributed by atoms with Gasteiger partial charge in [0.05, 0.1) is 11.0 Å².